The molecule has 3 saturated heterocycles. The normalized spacial score (nSPS) is 24.2. The Labute approximate surface area is 173 Å². The summed E-state index contributed by atoms with van der Waals surface area (Å²) in [5.41, 5.74) is 1.24. The maximum atomic E-state index is 12.8. The Morgan fingerprint density at radius 1 is 1.21 bits per heavy atom. The molecule has 0 aromatic heterocycles. The zero-order valence-corrected chi connectivity index (χ0v) is 17.5. The van der Waals surface area contributed by atoms with Crippen molar-refractivity contribution in [1.82, 2.24) is 9.80 Å². The number of anilines is 1. The van der Waals surface area contributed by atoms with Crippen LogP contribution in [-0.2, 0) is 14.3 Å². The van der Waals surface area contributed by atoms with Crippen molar-refractivity contribution in [2.75, 3.05) is 51.3 Å². The molecule has 6 heteroatoms. The Morgan fingerprint density at radius 3 is 2.66 bits per heavy atom. The number of para-hydroxylation sites is 1. The molecule has 158 valence electrons. The van der Waals surface area contributed by atoms with Gasteiger partial charge in [-0.15, -0.1) is 0 Å². The molecule has 29 heavy (non-hydrogen) atoms. The predicted octanol–water partition coefficient (Wildman–Crippen LogP) is 2.53. The molecule has 3 aliphatic rings. The van der Waals surface area contributed by atoms with Gasteiger partial charge in [-0.2, -0.15) is 0 Å². The average molecular weight is 400 g/mol. The first-order valence-electron chi connectivity index (χ1n) is 11.0. The zero-order chi connectivity index (χ0) is 20.3. The van der Waals surface area contributed by atoms with E-state index in [1.54, 1.807) is 0 Å². The number of ether oxygens (including phenoxy) is 1. The van der Waals surface area contributed by atoms with Gasteiger partial charge in [0.2, 0.25) is 11.8 Å². The van der Waals surface area contributed by atoms with Crippen LogP contribution in [0.3, 0.4) is 0 Å². The maximum Gasteiger partial charge on any atom is 0.242 e. The lowest BCUT2D eigenvalue weighted by Gasteiger charge is -2.48. The van der Waals surface area contributed by atoms with Crippen molar-refractivity contribution < 1.29 is 14.3 Å². The highest BCUT2D eigenvalue weighted by Gasteiger charge is 2.42. The molecular formula is C23H33N3O3. The first-order chi connectivity index (χ1) is 14.0. The van der Waals surface area contributed by atoms with Crippen LogP contribution in [0.4, 0.5) is 5.69 Å². The summed E-state index contributed by atoms with van der Waals surface area (Å²) in [5, 5.41) is 0. The first kappa shape index (κ1) is 20.2. The molecule has 0 bridgehead atoms. The molecule has 4 rings (SSSR count). The summed E-state index contributed by atoms with van der Waals surface area (Å²) >= 11 is 0. The molecule has 3 fully saturated rings. The number of likely N-dealkylation sites (N-methyl/N-ethyl adjacent to an activating group) is 1. The third-order valence-electron chi connectivity index (χ3n) is 6.94. The van der Waals surface area contributed by atoms with Gasteiger partial charge >= 0.3 is 0 Å². The fraction of sp³-hybridized carbons (Fsp3) is 0.652. The lowest BCUT2D eigenvalue weighted by molar-refractivity contribution is -0.143. The van der Waals surface area contributed by atoms with Gasteiger partial charge in [-0.25, -0.2) is 0 Å². The topological polar surface area (TPSA) is 53.1 Å². The van der Waals surface area contributed by atoms with Crippen LogP contribution in [0.15, 0.2) is 30.3 Å². The van der Waals surface area contributed by atoms with Crippen molar-refractivity contribution in [3.05, 3.63) is 30.3 Å². The van der Waals surface area contributed by atoms with E-state index in [1.165, 1.54) is 0 Å². The van der Waals surface area contributed by atoms with Crippen molar-refractivity contribution in [3.8, 4) is 0 Å². The lowest BCUT2D eigenvalue weighted by Crippen LogP contribution is -2.54. The summed E-state index contributed by atoms with van der Waals surface area (Å²) in [6, 6.07) is 10.0. The summed E-state index contributed by atoms with van der Waals surface area (Å²) in [7, 11) is 1.97. The Morgan fingerprint density at radius 2 is 1.97 bits per heavy atom. The van der Waals surface area contributed by atoms with Crippen LogP contribution in [-0.4, -0.2) is 74.1 Å². The number of piperidine rings is 2. The highest BCUT2D eigenvalue weighted by molar-refractivity contribution is 5.81. The van der Waals surface area contributed by atoms with Crippen LogP contribution in [0.2, 0.25) is 0 Å². The summed E-state index contributed by atoms with van der Waals surface area (Å²) in [6.07, 6.45) is 5.95. The largest absolute Gasteiger partial charge is 0.376 e. The lowest BCUT2D eigenvalue weighted by atomic mass is 9.72. The first-order valence-corrected chi connectivity index (χ1v) is 11.0. The van der Waals surface area contributed by atoms with Gasteiger partial charge in [0.15, 0.2) is 0 Å². The van der Waals surface area contributed by atoms with Crippen LogP contribution >= 0.6 is 0 Å². The van der Waals surface area contributed by atoms with Crippen LogP contribution in [0.5, 0.6) is 0 Å². The van der Waals surface area contributed by atoms with E-state index < -0.39 is 0 Å². The van der Waals surface area contributed by atoms with E-state index in [-0.39, 0.29) is 23.3 Å². The number of nitrogens with zero attached hydrogens (tertiary/aromatic N) is 3. The number of hydrogen-bond donors (Lipinski definition) is 0. The van der Waals surface area contributed by atoms with Gasteiger partial charge in [0, 0.05) is 51.9 Å². The number of likely N-dealkylation sites (tertiary alicyclic amines) is 2. The minimum atomic E-state index is 0.175. The molecule has 1 aromatic rings. The smallest absolute Gasteiger partial charge is 0.242 e. The second-order valence-electron chi connectivity index (χ2n) is 8.98. The van der Waals surface area contributed by atoms with E-state index in [4.69, 9.17) is 4.74 Å². The second-order valence-corrected chi connectivity index (χ2v) is 8.98. The van der Waals surface area contributed by atoms with Crippen LogP contribution in [0, 0.1) is 5.41 Å². The summed E-state index contributed by atoms with van der Waals surface area (Å²) in [4.78, 5) is 31.3. The molecule has 1 atom stereocenters. The van der Waals surface area contributed by atoms with E-state index in [0.717, 1.165) is 70.6 Å². The van der Waals surface area contributed by atoms with Crippen LogP contribution < -0.4 is 4.90 Å². The van der Waals surface area contributed by atoms with Gasteiger partial charge in [-0.1, -0.05) is 18.2 Å². The fourth-order valence-electron chi connectivity index (χ4n) is 5.02. The standard InChI is InChI=1S/C23H33N3O3/c1-24(19-6-3-2-4-7-19)17-22(28)25-13-11-23(12-14-25)10-9-21(27)26(18-23)16-20-8-5-15-29-20/h2-4,6-7,20H,5,8-18H2,1H3. The molecule has 1 spiro atoms. The average Bonchev–Trinajstić information content (AvgIpc) is 3.25. The van der Waals surface area contributed by atoms with E-state index in [9.17, 15) is 9.59 Å². The highest BCUT2D eigenvalue weighted by atomic mass is 16.5. The molecule has 0 aliphatic carbocycles. The van der Waals surface area contributed by atoms with Crippen molar-refractivity contribution in [2.24, 2.45) is 5.41 Å². The Balaban J connectivity index is 1.29. The van der Waals surface area contributed by atoms with Gasteiger partial charge in [0.05, 0.1) is 12.6 Å². The molecule has 0 radical (unpaired) electrons. The molecule has 1 unspecified atom stereocenters. The van der Waals surface area contributed by atoms with Crippen molar-refractivity contribution in [3.63, 3.8) is 0 Å². The highest BCUT2D eigenvalue weighted by Crippen LogP contribution is 2.40. The second kappa shape index (κ2) is 8.74. The Bertz CT molecular complexity index is 709. The van der Waals surface area contributed by atoms with Gasteiger partial charge in [0.1, 0.15) is 0 Å². The number of amides is 2. The molecule has 0 N–H and O–H groups in total. The molecule has 1 aromatic carbocycles. The molecule has 3 aliphatic heterocycles. The Kier molecular flexibility index (Phi) is 6.09. The fourth-order valence-corrected chi connectivity index (χ4v) is 5.02. The van der Waals surface area contributed by atoms with E-state index in [2.05, 4.69) is 0 Å². The molecule has 0 saturated carbocycles. The van der Waals surface area contributed by atoms with E-state index >= 15 is 0 Å². The maximum absolute atomic E-state index is 12.8. The summed E-state index contributed by atoms with van der Waals surface area (Å²) in [5.74, 6) is 0.461. The number of carbonyl (C=O) groups excluding carboxylic acids is 2. The molecule has 6 nitrogen and oxygen atoms in total. The van der Waals surface area contributed by atoms with E-state index in [0.29, 0.717) is 13.0 Å². The van der Waals surface area contributed by atoms with Crippen molar-refractivity contribution in [1.29, 1.82) is 0 Å². The Hall–Kier alpha value is -2.08. The van der Waals surface area contributed by atoms with Crippen molar-refractivity contribution >= 4 is 17.5 Å². The third kappa shape index (κ3) is 4.74. The third-order valence-corrected chi connectivity index (χ3v) is 6.94. The van der Waals surface area contributed by atoms with Gasteiger partial charge in [0.25, 0.3) is 0 Å². The van der Waals surface area contributed by atoms with Gasteiger partial charge in [-0.05, 0) is 49.7 Å². The summed E-state index contributed by atoms with van der Waals surface area (Å²) < 4.78 is 5.75. The number of hydrogen-bond acceptors (Lipinski definition) is 4. The quantitative estimate of drug-likeness (QED) is 0.764. The minimum absolute atomic E-state index is 0.175. The minimum Gasteiger partial charge on any atom is -0.376 e. The van der Waals surface area contributed by atoms with E-state index in [1.807, 2.05) is 52.1 Å². The van der Waals surface area contributed by atoms with Crippen LogP contribution in [0.1, 0.15) is 38.5 Å². The molecule has 3 heterocycles. The number of carbonyl (C=O) groups is 2. The zero-order valence-electron chi connectivity index (χ0n) is 17.5. The summed E-state index contributed by atoms with van der Waals surface area (Å²) in [6.45, 7) is 4.39. The molecular weight excluding hydrogens is 366 g/mol. The van der Waals surface area contributed by atoms with Crippen molar-refractivity contribution in [2.45, 2.75) is 44.6 Å². The van der Waals surface area contributed by atoms with Gasteiger partial charge < -0.3 is 19.4 Å². The SMILES string of the molecule is CN(CC(=O)N1CCC2(CCC(=O)N(CC3CCCO3)C2)CC1)c1ccccc1. The monoisotopic (exact) mass is 399 g/mol. The predicted molar refractivity (Wildman–Crippen MR) is 113 cm³/mol. The number of benzene rings is 1. The van der Waals surface area contributed by atoms with Gasteiger partial charge in [-0.3, -0.25) is 9.59 Å². The van der Waals surface area contributed by atoms with Crippen LogP contribution in [0.25, 0.3) is 0 Å². The number of rotatable bonds is 5. The molecule has 2 amide bonds.